The van der Waals surface area contributed by atoms with Crippen LogP contribution in [0, 0.1) is 0 Å². The van der Waals surface area contributed by atoms with E-state index in [2.05, 4.69) is 30.2 Å². The SMILES string of the molecule is CCC1CC(N[C@@H](C)c2cccnc2)CCO1. The summed E-state index contributed by atoms with van der Waals surface area (Å²) >= 11 is 0. The van der Waals surface area contributed by atoms with Crippen LogP contribution in [0.5, 0.6) is 0 Å². The third-order valence-electron chi connectivity index (χ3n) is 3.49. The van der Waals surface area contributed by atoms with Crippen molar-refractivity contribution in [2.45, 2.75) is 51.3 Å². The number of ether oxygens (including phenoxy) is 1. The smallest absolute Gasteiger partial charge is 0.0587 e. The summed E-state index contributed by atoms with van der Waals surface area (Å²) in [5.41, 5.74) is 1.26. The van der Waals surface area contributed by atoms with E-state index in [-0.39, 0.29) is 0 Å². The summed E-state index contributed by atoms with van der Waals surface area (Å²) in [4.78, 5) is 4.17. The first-order valence-electron chi connectivity index (χ1n) is 6.57. The second kappa shape index (κ2) is 6.12. The molecule has 0 bridgehead atoms. The fourth-order valence-corrected chi connectivity index (χ4v) is 2.40. The van der Waals surface area contributed by atoms with Crippen LogP contribution < -0.4 is 5.32 Å². The van der Waals surface area contributed by atoms with Crippen molar-refractivity contribution in [3.63, 3.8) is 0 Å². The molecule has 3 atom stereocenters. The second-order valence-electron chi connectivity index (χ2n) is 4.80. The molecule has 2 unspecified atom stereocenters. The molecule has 3 heteroatoms. The molecule has 1 saturated heterocycles. The first-order chi connectivity index (χ1) is 8.29. The van der Waals surface area contributed by atoms with Crippen LogP contribution in [0.25, 0.3) is 0 Å². The van der Waals surface area contributed by atoms with Crippen LogP contribution in [0.4, 0.5) is 0 Å². The first-order valence-corrected chi connectivity index (χ1v) is 6.57. The van der Waals surface area contributed by atoms with Gasteiger partial charge in [-0.05, 0) is 37.8 Å². The topological polar surface area (TPSA) is 34.2 Å². The number of hydrogen-bond acceptors (Lipinski definition) is 3. The summed E-state index contributed by atoms with van der Waals surface area (Å²) in [6.45, 7) is 5.28. The fraction of sp³-hybridized carbons (Fsp3) is 0.643. The van der Waals surface area contributed by atoms with Crippen molar-refractivity contribution < 1.29 is 4.74 Å². The molecule has 2 rings (SSSR count). The number of rotatable bonds is 4. The molecule has 1 aromatic heterocycles. The summed E-state index contributed by atoms with van der Waals surface area (Å²) in [6, 6.07) is 5.06. The molecule has 0 radical (unpaired) electrons. The Morgan fingerprint density at radius 2 is 2.47 bits per heavy atom. The van der Waals surface area contributed by atoms with Gasteiger partial charge >= 0.3 is 0 Å². The molecule has 1 aliphatic heterocycles. The van der Waals surface area contributed by atoms with Crippen molar-refractivity contribution in [2.24, 2.45) is 0 Å². The number of aromatic nitrogens is 1. The van der Waals surface area contributed by atoms with Crippen LogP contribution >= 0.6 is 0 Å². The minimum atomic E-state index is 0.365. The van der Waals surface area contributed by atoms with Gasteiger partial charge in [0.15, 0.2) is 0 Å². The van der Waals surface area contributed by atoms with E-state index in [9.17, 15) is 0 Å². The first kappa shape index (κ1) is 12.5. The zero-order valence-corrected chi connectivity index (χ0v) is 10.7. The normalized spacial score (nSPS) is 26.7. The monoisotopic (exact) mass is 234 g/mol. The van der Waals surface area contributed by atoms with Gasteiger partial charge < -0.3 is 10.1 Å². The molecule has 17 heavy (non-hydrogen) atoms. The summed E-state index contributed by atoms with van der Waals surface area (Å²) in [7, 11) is 0. The van der Waals surface area contributed by atoms with Crippen molar-refractivity contribution in [1.82, 2.24) is 10.3 Å². The van der Waals surface area contributed by atoms with Gasteiger partial charge in [0, 0.05) is 31.1 Å². The largest absolute Gasteiger partial charge is 0.378 e. The van der Waals surface area contributed by atoms with E-state index in [1.54, 1.807) is 0 Å². The maximum Gasteiger partial charge on any atom is 0.0587 e. The van der Waals surface area contributed by atoms with Crippen LogP contribution in [0.2, 0.25) is 0 Å². The van der Waals surface area contributed by atoms with Gasteiger partial charge in [0.25, 0.3) is 0 Å². The highest BCUT2D eigenvalue weighted by Crippen LogP contribution is 2.20. The van der Waals surface area contributed by atoms with Crippen molar-refractivity contribution in [1.29, 1.82) is 0 Å². The Morgan fingerprint density at radius 3 is 3.18 bits per heavy atom. The Labute approximate surface area is 104 Å². The van der Waals surface area contributed by atoms with Crippen LogP contribution in [-0.2, 0) is 4.74 Å². The highest BCUT2D eigenvalue weighted by molar-refractivity contribution is 5.13. The van der Waals surface area contributed by atoms with Crippen molar-refractivity contribution in [3.05, 3.63) is 30.1 Å². The van der Waals surface area contributed by atoms with E-state index in [1.165, 1.54) is 5.56 Å². The lowest BCUT2D eigenvalue weighted by atomic mass is 10.00. The molecule has 0 saturated carbocycles. The van der Waals surface area contributed by atoms with E-state index in [1.807, 2.05) is 18.5 Å². The van der Waals surface area contributed by atoms with Gasteiger partial charge in [-0.25, -0.2) is 0 Å². The summed E-state index contributed by atoms with van der Waals surface area (Å²) in [6.07, 6.45) is 7.54. The molecular formula is C14H22N2O. The van der Waals surface area contributed by atoms with Crippen molar-refractivity contribution in [3.8, 4) is 0 Å². The lowest BCUT2D eigenvalue weighted by Crippen LogP contribution is -2.39. The molecule has 1 N–H and O–H groups in total. The Bertz CT molecular complexity index is 328. The molecule has 0 amide bonds. The molecular weight excluding hydrogens is 212 g/mol. The van der Waals surface area contributed by atoms with E-state index in [0.717, 1.165) is 25.9 Å². The van der Waals surface area contributed by atoms with Gasteiger partial charge in [0.2, 0.25) is 0 Å². The van der Waals surface area contributed by atoms with Crippen LogP contribution in [0.1, 0.15) is 44.7 Å². The highest BCUT2D eigenvalue weighted by Gasteiger charge is 2.22. The highest BCUT2D eigenvalue weighted by atomic mass is 16.5. The zero-order valence-electron chi connectivity index (χ0n) is 10.7. The summed E-state index contributed by atoms with van der Waals surface area (Å²) in [5.74, 6) is 0. The quantitative estimate of drug-likeness (QED) is 0.869. The average Bonchev–Trinajstić information content (AvgIpc) is 2.40. The van der Waals surface area contributed by atoms with Gasteiger partial charge in [-0.3, -0.25) is 4.98 Å². The number of pyridine rings is 1. The average molecular weight is 234 g/mol. The predicted octanol–water partition coefficient (Wildman–Crippen LogP) is 2.69. The molecule has 2 heterocycles. The number of nitrogens with zero attached hydrogens (tertiary/aromatic N) is 1. The molecule has 0 aliphatic carbocycles. The van der Waals surface area contributed by atoms with E-state index >= 15 is 0 Å². The lowest BCUT2D eigenvalue weighted by molar-refractivity contribution is -0.00166. The third kappa shape index (κ3) is 3.51. The molecule has 3 nitrogen and oxygen atoms in total. The Hall–Kier alpha value is -0.930. The third-order valence-corrected chi connectivity index (χ3v) is 3.49. The fourth-order valence-electron chi connectivity index (χ4n) is 2.40. The Balaban J connectivity index is 1.88. The summed E-state index contributed by atoms with van der Waals surface area (Å²) < 4.78 is 5.69. The molecule has 1 fully saturated rings. The van der Waals surface area contributed by atoms with Gasteiger partial charge in [-0.1, -0.05) is 13.0 Å². The van der Waals surface area contributed by atoms with Crippen LogP contribution in [0.3, 0.4) is 0 Å². The number of hydrogen-bond donors (Lipinski definition) is 1. The Kier molecular flexibility index (Phi) is 4.51. The van der Waals surface area contributed by atoms with E-state index in [0.29, 0.717) is 18.2 Å². The van der Waals surface area contributed by atoms with Gasteiger partial charge in [-0.2, -0.15) is 0 Å². The molecule has 1 aliphatic rings. The standard InChI is InChI=1S/C14H22N2O/c1-3-14-9-13(6-8-17-14)16-11(2)12-5-4-7-15-10-12/h4-5,7,10-11,13-14,16H,3,6,8-9H2,1-2H3/t11-,13?,14?/m0/s1. The maximum atomic E-state index is 5.69. The molecule has 94 valence electrons. The van der Waals surface area contributed by atoms with Gasteiger partial charge in [0.1, 0.15) is 0 Å². The number of nitrogens with one attached hydrogen (secondary N) is 1. The van der Waals surface area contributed by atoms with Crippen LogP contribution in [-0.4, -0.2) is 23.7 Å². The lowest BCUT2D eigenvalue weighted by Gasteiger charge is -2.31. The molecule has 0 spiro atoms. The van der Waals surface area contributed by atoms with Gasteiger partial charge in [-0.15, -0.1) is 0 Å². The van der Waals surface area contributed by atoms with Gasteiger partial charge in [0.05, 0.1) is 6.10 Å². The molecule has 0 aromatic carbocycles. The Morgan fingerprint density at radius 1 is 1.59 bits per heavy atom. The van der Waals surface area contributed by atoms with E-state index < -0.39 is 0 Å². The predicted molar refractivity (Wildman–Crippen MR) is 68.8 cm³/mol. The minimum absolute atomic E-state index is 0.365. The molecule has 1 aromatic rings. The van der Waals surface area contributed by atoms with Crippen molar-refractivity contribution >= 4 is 0 Å². The zero-order chi connectivity index (χ0) is 12.1. The van der Waals surface area contributed by atoms with E-state index in [4.69, 9.17) is 4.74 Å². The second-order valence-corrected chi connectivity index (χ2v) is 4.80. The maximum absolute atomic E-state index is 5.69. The minimum Gasteiger partial charge on any atom is -0.378 e. The summed E-state index contributed by atoms with van der Waals surface area (Å²) in [5, 5.41) is 3.68. The van der Waals surface area contributed by atoms with Crippen LogP contribution in [0.15, 0.2) is 24.5 Å². The van der Waals surface area contributed by atoms with Crippen molar-refractivity contribution in [2.75, 3.05) is 6.61 Å².